The molecule has 4 rings (SSSR count). The zero-order valence-electron chi connectivity index (χ0n) is 16.9. The number of amides is 3. The van der Waals surface area contributed by atoms with Crippen LogP contribution < -0.4 is 16.8 Å². The number of primary amides is 2. The zero-order chi connectivity index (χ0) is 20.5. The van der Waals surface area contributed by atoms with Crippen molar-refractivity contribution in [3.63, 3.8) is 0 Å². The van der Waals surface area contributed by atoms with Crippen molar-refractivity contribution in [1.29, 1.82) is 0 Å². The third-order valence-corrected chi connectivity index (χ3v) is 5.59. The third kappa shape index (κ3) is 5.48. The van der Waals surface area contributed by atoms with Crippen molar-refractivity contribution in [2.24, 2.45) is 47.0 Å². The summed E-state index contributed by atoms with van der Waals surface area (Å²) in [7, 11) is 1.00. The summed E-state index contributed by atoms with van der Waals surface area (Å²) < 4.78 is 5.26. The standard InChI is InChI=1S/C11H18N2O3.C6H10N2O.CH4O.ClH/c1-11(2,3)16-10(15)13-4-6-7(5-13)8(6)9(12)14;7-6(9)5-3-1-8-2-4(3)5;1-2;/h6-8H,4-5H2,1-3H3,(H2,12,14);3-5,8H,1-2H2,(H2,7,9);2H,1H3;1H/t6-,7+,8?;3-,4+,5?;;. The van der Waals surface area contributed by atoms with Crippen LogP contribution in [-0.4, -0.2) is 66.8 Å². The van der Waals surface area contributed by atoms with Gasteiger partial charge in [-0.25, -0.2) is 4.79 Å². The van der Waals surface area contributed by atoms with Gasteiger partial charge >= 0.3 is 6.09 Å². The highest BCUT2D eigenvalue weighted by atomic mass is 35.5. The molecule has 0 spiro atoms. The number of rotatable bonds is 2. The molecule has 2 unspecified atom stereocenters. The Morgan fingerprint density at radius 2 is 1.32 bits per heavy atom. The van der Waals surface area contributed by atoms with E-state index >= 15 is 0 Å². The molecule has 0 aromatic rings. The first-order chi connectivity index (χ1) is 12.6. The van der Waals surface area contributed by atoms with Crippen molar-refractivity contribution in [2.75, 3.05) is 33.3 Å². The maximum atomic E-state index is 11.7. The minimum Gasteiger partial charge on any atom is -0.444 e. The third-order valence-electron chi connectivity index (χ3n) is 5.59. The van der Waals surface area contributed by atoms with Gasteiger partial charge in [-0.1, -0.05) is 0 Å². The first kappa shape index (κ1) is 24.5. The van der Waals surface area contributed by atoms with E-state index in [1.165, 1.54) is 0 Å². The number of hydrogen-bond acceptors (Lipinski definition) is 6. The summed E-state index contributed by atoms with van der Waals surface area (Å²) in [6, 6.07) is 0. The van der Waals surface area contributed by atoms with Crippen LogP contribution in [0.4, 0.5) is 4.79 Å². The fourth-order valence-corrected chi connectivity index (χ4v) is 4.26. The van der Waals surface area contributed by atoms with Gasteiger partial charge in [-0.05, 0) is 57.5 Å². The Morgan fingerprint density at radius 3 is 1.64 bits per heavy atom. The van der Waals surface area contributed by atoms with Crippen molar-refractivity contribution in [2.45, 2.75) is 26.4 Å². The van der Waals surface area contributed by atoms with Gasteiger partial charge in [0.15, 0.2) is 0 Å². The predicted molar refractivity (Wildman–Crippen MR) is 105 cm³/mol. The fourth-order valence-electron chi connectivity index (χ4n) is 4.26. The number of halogens is 1. The molecule has 3 amide bonds. The molecule has 10 heteroatoms. The van der Waals surface area contributed by atoms with E-state index in [-0.39, 0.29) is 54.0 Å². The average molecular weight is 421 g/mol. The molecule has 28 heavy (non-hydrogen) atoms. The van der Waals surface area contributed by atoms with Crippen LogP contribution in [0.1, 0.15) is 20.8 Å². The Balaban J connectivity index is 0.000000277. The SMILES string of the molecule is CC(C)(C)OC(=O)N1C[C@@H]2C(C(N)=O)[C@@H]2C1.CO.Cl.NC(=O)C1[C@H]2CNC[C@@H]12. The second kappa shape index (κ2) is 9.28. The molecular formula is C18H33ClN4O5. The smallest absolute Gasteiger partial charge is 0.410 e. The lowest BCUT2D eigenvalue weighted by Crippen LogP contribution is -2.38. The van der Waals surface area contributed by atoms with Crippen LogP contribution in [0.5, 0.6) is 0 Å². The number of ether oxygens (including phenoxy) is 1. The zero-order valence-corrected chi connectivity index (χ0v) is 17.7. The molecular weight excluding hydrogens is 388 g/mol. The van der Waals surface area contributed by atoms with E-state index in [1.807, 2.05) is 20.8 Å². The number of nitrogens with zero attached hydrogens (tertiary/aromatic N) is 1. The van der Waals surface area contributed by atoms with Gasteiger partial charge < -0.3 is 31.5 Å². The second-order valence-corrected chi connectivity index (χ2v) is 8.56. The van der Waals surface area contributed by atoms with Gasteiger partial charge in [-0.2, -0.15) is 0 Å². The summed E-state index contributed by atoms with van der Waals surface area (Å²) in [5.41, 5.74) is 9.89. The van der Waals surface area contributed by atoms with Gasteiger partial charge in [-0.15, -0.1) is 12.4 Å². The first-order valence-electron chi connectivity index (χ1n) is 9.32. The van der Waals surface area contributed by atoms with E-state index in [0.29, 0.717) is 24.9 Å². The van der Waals surface area contributed by atoms with E-state index in [4.69, 9.17) is 21.3 Å². The van der Waals surface area contributed by atoms with Gasteiger partial charge in [0.1, 0.15) is 5.60 Å². The number of nitrogens with one attached hydrogen (secondary N) is 1. The Morgan fingerprint density at radius 1 is 0.929 bits per heavy atom. The molecule has 2 aliphatic heterocycles. The van der Waals surface area contributed by atoms with Crippen LogP contribution in [0.2, 0.25) is 0 Å². The lowest BCUT2D eigenvalue weighted by atomic mass is 10.2. The van der Waals surface area contributed by atoms with Crippen molar-refractivity contribution < 1.29 is 24.2 Å². The molecule has 2 saturated heterocycles. The van der Waals surface area contributed by atoms with Crippen molar-refractivity contribution in [3.05, 3.63) is 0 Å². The highest BCUT2D eigenvalue weighted by Crippen LogP contribution is 2.51. The monoisotopic (exact) mass is 420 g/mol. The molecule has 0 aromatic carbocycles. The second-order valence-electron chi connectivity index (χ2n) is 8.56. The molecule has 2 aliphatic carbocycles. The van der Waals surface area contributed by atoms with Crippen LogP contribution in [0.15, 0.2) is 0 Å². The number of carbonyl (C=O) groups is 3. The molecule has 0 bridgehead atoms. The molecule has 9 nitrogen and oxygen atoms in total. The Kier molecular flexibility index (Phi) is 8.10. The van der Waals surface area contributed by atoms with Gasteiger partial charge in [0, 0.05) is 32.0 Å². The van der Waals surface area contributed by atoms with Crippen molar-refractivity contribution >= 4 is 30.3 Å². The Bertz CT molecular complexity index is 575. The van der Waals surface area contributed by atoms with Crippen molar-refractivity contribution in [1.82, 2.24) is 10.2 Å². The number of nitrogens with two attached hydrogens (primary N) is 2. The van der Waals surface area contributed by atoms with Crippen LogP contribution in [0.3, 0.4) is 0 Å². The molecule has 162 valence electrons. The summed E-state index contributed by atoms with van der Waals surface area (Å²) in [6.07, 6.45) is -0.289. The summed E-state index contributed by atoms with van der Waals surface area (Å²) >= 11 is 0. The van der Waals surface area contributed by atoms with Gasteiger partial charge in [0.2, 0.25) is 11.8 Å². The maximum Gasteiger partial charge on any atom is 0.410 e. The minimum absolute atomic E-state index is 0. The van der Waals surface area contributed by atoms with Crippen LogP contribution in [-0.2, 0) is 14.3 Å². The number of aliphatic hydroxyl groups is 1. The molecule has 0 aromatic heterocycles. The lowest BCUT2D eigenvalue weighted by molar-refractivity contribution is -0.120. The fraction of sp³-hybridized carbons (Fsp3) is 0.833. The average Bonchev–Trinajstić information content (AvgIpc) is 3.30. The summed E-state index contributed by atoms with van der Waals surface area (Å²) in [5.74, 6) is 1.57. The van der Waals surface area contributed by atoms with Crippen LogP contribution in [0.25, 0.3) is 0 Å². The lowest BCUT2D eigenvalue weighted by Gasteiger charge is -2.25. The Labute approximate surface area is 171 Å². The molecule has 4 aliphatic rings. The number of carbonyl (C=O) groups excluding carboxylic acids is 3. The minimum atomic E-state index is -0.465. The predicted octanol–water partition coefficient (Wildman–Crippen LogP) is -0.448. The highest BCUT2D eigenvalue weighted by molar-refractivity contribution is 5.85. The number of hydrogen-bond donors (Lipinski definition) is 4. The number of aliphatic hydroxyl groups excluding tert-OH is 1. The van der Waals surface area contributed by atoms with E-state index in [1.54, 1.807) is 4.90 Å². The highest BCUT2D eigenvalue weighted by Gasteiger charge is 2.60. The molecule has 2 heterocycles. The quantitative estimate of drug-likeness (QED) is 0.475. The molecule has 6 N–H and O–H groups in total. The molecule has 6 atom stereocenters. The van der Waals surface area contributed by atoms with Crippen LogP contribution in [0, 0.1) is 35.5 Å². The Hall–Kier alpha value is -1.58. The molecule has 2 saturated carbocycles. The van der Waals surface area contributed by atoms with Gasteiger partial charge in [0.25, 0.3) is 0 Å². The molecule has 4 fully saturated rings. The van der Waals surface area contributed by atoms with E-state index < -0.39 is 5.60 Å². The number of fused-ring (bicyclic) bond motifs is 2. The largest absolute Gasteiger partial charge is 0.444 e. The number of likely N-dealkylation sites (tertiary alicyclic amines) is 1. The summed E-state index contributed by atoms with van der Waals surface area (Å²) in [5, 5.41) is 10.2. The van der Waals surface area contributed by atoms with Gasteiger partial charge in [-0.3, -0.25) is 9.59 Å². The van der Waals surface area contributed by atoms with E-state index in [2.05, 4.69) is 5.32 Å². The number of piperidine rings is 2. The first-order valence-corrected chi connectivity index (χ1v) is 9.32. The summed E-state index contributed by atoms with van der Waals surface area (Å²) in [6.45, 7) is 8.73. The van der Waals surface area contributed by atoms with Gasteiger partial charge in [0.05, 0.1) is 0 Å². The van der Waals surface area contributed by atoms with Crippen molar-refractivity contribution in [3.8, 4) is 0 Å². The van der Waals surface area contributed by atoms with E-state index in [9.17, 15) is 14.4 Å². The van der Waals surface area contributed by atoms with Crippen LogP contribution >= 0.6 is 12.4 Å². The molecule has 0 radical (unpaired) electrons. The van der Waals surface area contributed by atoms with E-state index in [0.717, 1.165) is 20.2 Å². The normalized spacial score (nSPS) is 33.5. The maximum absolute atomic E-state index is 11.7. The summed E-state index contributed by atoms with van der Waals surface area (Å²) in [4.78, 5) is 34.9. The topological polar surface area (TPSA) is 148 Å².